The van der Waals surface area contributed by atoms with Gasteiger partial charge in [-0.15, -0.1) is 0 Å². The van der Waals surface area contributed by atoms with Crippen LogP contribution in [0.3, 0.4) is 0 Å². The Hall–Kier alpha value is -2.47. The number of piperidine rings is 1. The predicted molar refractivity (Wildman–Crippen MR) is 104 cm³/mol. The van der Waals surface area contributed by atoms with Crippen LogP contribution in [0.2, 0.25) is 0 Å². The van der Waals surface area contributed by atoms with E-state index in [4.69, 9.17) is 0 Å². The zero-order chi connectivity index (χ0) is 18.6. The van der Waals surface area contributed by atoms with Crippen LogP contribution in [0.15, 0.2) is 42.9 Å². The summed E-state index contributed by atoms with van der Waals surface area (Å²) in [6, 6.07) is 7.18. The van der Waals surface area contributed by atoms with Crippen LogP contribution in [-0.2, 0) is 13.1 Å². The number of aromatic nitrogens is 4. The monoisotopic (exact) mass is 367 g/mol. The second-order valence-corrected chi connectivity index (χ2v) is 7.35. The minimum absolute atomic E-state index is 0.217. The van der Waals surface area contributed by atoms with Crippen molar-refractivity contribution >= 4 is 0 Å². The van der Waals surface area contributed by atoms with Gasteiger partial charge in [0.2, 0.25) is 0 Å². The number of hydrogen-bond acceptors (Lipinski definition) is 3. The van der Waals surface area contributed by atoms with Crippen molar-refractivity contribution in [3.8, 4) is 11.3 Å². The summed E-state index contributed by atoms with van der Waals surface area (Å²) in [6.45, 7) is 5.04. The highest BCUT2D eigenvalue weighted by atomic mass is 19.1. The first-order chi connectivity index (χ1) is 13.2. The van der Waals surface area contributed by atoms with E-state index in [1.807, 2.05) is 24.5 Å². The Morgan fingerprint density at radius 2 is 2.07 bits per heavy atom. The minimum Gasteiger partial charge on any atom is -0.335 e. The van der Waals surface area contributed by atoms with Crippen molar-refractivity contribution in [2.75, 3.05) is 6.54 Å². The number of hydrogen-bond donors (Lipinski definition) is 1. The lowest BCUT2D eigenvalue weighted by molar-refractivity contribution is 0.128. The van der Waals surface area contributed by atoms with E-state index in [0.717, 1.165) is 43.1 Å². The normalized spacial score (nSPS) is 18.1. The van der Waals surface area contributed by atoms with Crippen LogP contribution >= 0.6 is 0 Å². The van der Waals surface area contributed by atoms with Crippen LogP contribution < -0.4 is 0 Å². The van der Waals surface area contributed by atoms with Gasteiger partial charge in [0.1, 0.15) is 11.6 Å². The summed E-state index contributed by atoms with van der Waals surface area (Å²) in [5, 5.41) is 7.35. The molecule has 2 aromatic heterocycles. The summed E-state index contributed by atoms with van der Waals surface area (Å²) in [5.74, 6) is 0.858. The minimum atomic E-state index is -0.217. The van der Waals surface area contributed by atoms with Crippen molar-refractivity contribution < 1.29 is 4.39 Å². The van der Waals surface area contributed by atoms with Gasteiger partial charge in [-0.1, -0.05) is 6.42 Å². The summed E-state index contributed by atoms with van der Waals surface area (Å²) >= 11 is 0. The number of benzene rings is 1. The fourth-order valence-electron chi connectivity index (χ4n) is 4.04. The molecule has 6 heteroatoms. The average Bonchev–Trinajstić information content (AvgIpc) is 3.31. The number of nitrogens with zero attached hydrogens (tertiary/aromatic N) is 4. The van der Waals surface area contributed by atoms with Crippen LogP contribution in [0.25, 0.3) is 11.3 Å². The maximum atomic E-state index is 13.2. The molecule has 1 fully saturated rings. The quantitative estimate of drug-likeness (QED) is 0.711. The SMILES string of the molecule is Cc1nccn1CC[C@@H]1CCCCN1Cc1cn[nH]c1-c1ccc(F)cc1. The molecule has 27 heavy (non-hydrogen) atoms. The number of H-pyrrole nitrogens is 1. The summed E-state index contributed by atoms with van der Waals surface area (Å²) in [4.78, 5) is 6.90. The second-order valence-electron chi connectivity index (χ2n) is 7.35. The Balaban J connectivity index is 1.46. The fourth-order valence-corrected chi connectivity index (χ4v) is 4.04. The van der Waals surface area contributed by atoms with Gasteiger partial charge in [0, 0.05) is 42.7 Å². The smallest absolute Gasteiger partial charge is 0.123 e. The van der Waals surface area contributed by atoms with Gasteiger partial charge in [-0.05, 0) is 57.0 Å². The molecule has 142 valence electrons. The highest BCUT2D eigenvalue weighted by molar-refractivity contribution is 5.62. The molecule has 1 saturated heterocycles. The van der Waals surface area contributed by atoms with E-state index >= 15 is 0 Å². The first kappa shape index (κ1) is 17.9. The van der Waals surface area contributed by atoms with E-state index in [9.17, 15) is 4.39 Å². The van der Waals surface area contributed by atoms with Crippen LogP contribution in [0.1, 0.15) is 37.1 Å². The predicted octanol–water partition coefficient (Wildman–Crippen LogP) is 4.17. The van der Waals surface area contributed by atoms with Gasteiger partial charge in [0.05, 0.1) is 11.9 Å². The molecule has 0 saturated carbocycles. The molecular weight excluding hydrogens is 341 g/mol. The third kappa shape index (κ3) is 4.11. The Morgan fingerprint density at radius 3 is 2.85 bits per heavy atom. The number of rotatable bonds is 6. The molecule has 0 bridgehead atoms. The van der Waals surface area contributed by atoms with Gasteiger partial charge in [-0.2, -0.15) is 5.10 Å². The Kier molecular flexibility index (Phi) is 5.34. The zero-order valence-corrected chi connectivity index (χ0v) is 15.7. The molecule has 0 radical (unpaired) electrons. The number of halogens is 1. The van der Waals surface area contributed by atoms with Gasteiger partial charge in [0.15, 0.2) is 0 Å². The van der Waals surface area contributed by atoms with Crippen molar-refractivity contribution in [3.05, 3.63) is 60.1 Å². The maximum Gasteiger partial charge on any atom is 0.123 e. The van der Waals surface area contributed by atoms with E-state index < -0.39 is 0 Å². The maximum absolute atomic E-state index is 13.2. The molecule has 0 aliphatic carbocycles. The number of nitrogens with one attached hydrogen (secondary N) is 1. The molecule has 4 rings (SSSR count). The van der Waals surface area contributed by atoms with Gasteiger partial charge < -0.3 is 4.57 Å². The molecular formula is C21H26FN5. The number of aromatic amines is 1. The van der Waals surface area contributed by atoms with Crippen molar-refractivity contribution in [1.82, 2.24) is 24.6 Å². The topological polar surface area (TPSA) is 49.7 Å². The van der Waals surface area contributed by atoms with E-state index in [2.05, 4.69) is 37.8 Å². The molecule has 0 spiro atoms. The Labute approximate surface area is 159 Å². The van der Waals surface area contributed by atoms with E-state index in [0.29, 0.717) is 6.04 Å². The molecule has 0 unspecified atom stereocenters. The lowest BCUT2D eigenvalue weighted by atomic mass is 9.98. The van der Waals surface area contributed by atoms with Gasteiger partial charge in [-0.3, -0.25) is 10.00 Å². The van der Waals surface area contributed by atoms with Gasteiger partial charge >= 0.3 is 0 Å². The lowest BCUT2D eigenvalue weighted by Gasteiger charge is -2.36. The van der Waals surface area contributed by atoms with Crippen LogP contribution in [0.4, 0.5) is 4.39 Å². The Bertz CT molecular complexity index is 867. The van der Waals surface area contributed by atoms with E-state index in [1.54, 1.807) is 0 Å². The van der Waals surface area contributed by atoms with Gasteiger partial charge in [-0.25, -0.2) is 9.37 Å². The lowest BCUT2D eigenvalue weighted by Crippen LogP contribution is -2.39. The number of aryl methyl sites for hydroxylation is 2. The van der Waals surface area contributed by atoms with Crippen LogP contribution in [0, 0.1) is 12.7 Å². The molecule has 3 aromatic rings. The molecule has 1 N–H and O–H groups in total. The molecule has 1 aromatic carbocycles. The summed E-state index contributed by atoms with van der Waals surface area (Å²) < 4.78 is 15.5. The standard InChI is InChI=1S/C21H26FN5/c1-16-23-10-13-26(16)12-9-20-4-2-3-11-27(20)15-18-14-24-25-21(18)17-5-7-19(22)8-6-17/h5-8,10,13-14,20H,2-4,9,11-12,15H2,1H3,(H,24,25)/t20-/m0/s1. The average molecular weight is 367 g/mol. The first-order valence-electron chi connectivity index (χ1n) is 9.70. The first-order valence-corrected chi connectivity index (χ1v) is 9.70. The van der Waals surface area contributed by atoms with E-state index in [1.165, 1.54) is 37.0 Å². The van der Waals surface area contributed by atoms with Crippen LogP contribution in [0.5, 0.6) is 0 Å². The summed E-state index contributed by atoms with van der Waals surface area (Å²) in [6.07, 6.45) is 10.7. The molecule has 0 amide bonds. The van der Waals surface area contributed by atoms with Gasteiger partial charge in [0.25, 0.3) is 0 Å². The highest BCUT2D eigenvalue weighted by Gasteiger charge is 2.24. The summed E-state index contributed by atoms with van der Waals surface area (Å²) in [5.41, 5.74) is 3.14. The highest BCUT2D eigenvalue weighted by Crippen LogP contribution is 2.27. The molecule has 1 aliphatic rings. The van der Waals surface area contributed by atoms with Crippen molar-refractivity contribution in [2.24, 2.45) is 0 Å². The van der Waals surface area contributed by atoms with Crippen molar-refractivity contribution in [1.29, 1.82) is 0 Å². The third-order valence-electron chi connectivity index (χ3n) is 5.60. The number of imidazole rings is 1. The van der Waals surface area contributed by atoms with E-state index in [-0.39, 0.29) is 5.82 Å². The van der Waals surface area contributed by atoms with Crippen molar-refractivity contribution in [2.45, 2.75) is 51.7 Å². The largest absolute Gasteiger partial charge is 0.335 e. The molecule has 5 nitrogen and oxygen atoms in total. The third-order valence-corrected chi connectivity index (χ3v) is 5.60. The summed E-state index contributed by atoms with van der Waals surface area (Å²) in [7, 11) is 0. The number of likely N-dealkylation sites (tertiary alicyclic amines) is 1. The fraction of sp³-hybridized carbons (Fsp3) is 0.429. The molecule has 1 atom stereocenters. The Morgan fingerprint density at radius 1 is 1.22 bits per heavy atom. The van der Waals surface area contributed by atoms with Crippen LogP contribution in [-0.4, -0.2) is 37.2 Å². The zero-order valence-electron chi connectivity index (χ0n) is 15.7. The molecule has 1 aliphatic heterocycles. The second kappa shape index (κ2) is 8.05. The van der Waals surface area contributed by atoms with Crippen molar-refractivity contribution in [3.63, 3.8) is 0 Å². The molecule has 3 heterocycles.